The molecule has 1 aliphatic heterocycles. The lowest BCUT2D eigenvalue weighted by Crippen LogP contribution is -2.65. The van der Waals surface area contributed by atoms with Crippen LogP contribution in [0.25, 0.3) is 0 Å². The van der Waals surface area contributed by atoms with Crippen molar-refractivity contribution in [3.8, 4) is 0 Å². The van der Waals surface area contributed by atoms with Crippen LogP contribution < -0.4 is 0 Å². The fraction of sp³-hybridized carbons (Fsp3) is 0.368. The molecule has 6 atom stereocenters. The lowest BCUT2D eigenvalue weighted by atomic mass is 9.91. The molecule has 0 bridgehead atoms. The van der Waals surface area contributed by atoms with Crippen LogP contribution in [0, 0.1) is 0 Å². The van der Waals surface area contributed by atoms with E-state index in [2.05, 4.69) is 0 Å². The van der Waals surface area contributed by atoms with Crippen molar-refractivity contribution in [1.82, 2.24) is 0 Å². The van der Waals surface area contributed by atoms with Crippen molar-refractivity contribution in [1.29, 1.82) is 0 Å². The summed E-state index contributed by atoms with van der Waals surface area (Å²) in [6.07, 6.45) is -4.66. The van der Waals surface area contributed by atoms with E-state index in [1.807, 2.05) is 121 Å². The van der Waals surface area contributed by atoms with E-state index in [4.69, 9.17) is 32.1 Å². The van der Waals surface area contributed by atoms with Gasteiger partial charge in [-0.05, 0) is 22.3 Å². The summed E-state index contributed by atoms with van der Waals surface area (Å²) in [4.78, 5) is 0. The van der Waals surface area contributed by atoms with Crippen LogP contribution in [0.2, 0.25) is 0 Å². The molecule has 13 heteroatoms. The van der Waals surface area contributed by atoms with Gasteiger partial charge in [-0.1, -0.05) is 121 Å². The lowest BCUT2D eigenvalue weighted by molar-refractivity contribution is -0.276. The van der Waals surface area contributed by atoms with Gasteiger partial charge in [0.15, 0.2) is 0 Å². The molecule has 0 N–H and O–H groups in total. The van der Waals surface area contributed by atoms with E-state index in [9.17, 15) is 16.8 Å². The number of hydrogen-bond donors (Lipinski definition) is 0. The topological polar surface area (TPSA) is 133 Å². The molecule has 274 valence electrons. The molecule has 1 heterocycles. The van der Waals surface area contributed by atoms with E-state index in [0.717, 1.165) is 34.8 Å². The Bertz CT molecular complexity index is 1810. The molecule has 0 aromatic heterocycles. The Balaban J connectivity index is 1.53. The molecule has 0 aliphatic carbocycles. The highest BCUT2D eigenvalue weighted by Gasteiger charge is 2.52. The van der Waals surface area contributed by atoms with Gasteiger partial charge in [-0.15, -0.1) is 0 Å². The summed E-state index contributed by atoms with van der Waals surface area (Å²) < 4.78 is 93.5. The van der Waals surface area contributed by atoms with Crippen LogP contribution in [0.1, 0.15) is 22.3 Å². The Kier molecular flexibility index (Phi) is 14.3. The minimum atomic E-state index is -4.14. The Morgan fingerprint density at radius 2 is 1.02 bits per heavy atom. The fourth-order valence-electron chi connectivity index (χ4n) is 5.69. The SMILES string of the molecule is CS(=O)(=O)OC[C@H](OCc1ccccc1)[C@@H]1O[C@H](COCc2ccccc2)[C@@H](OCc2ccccc2)[C@H](OCc2ccccc2)[C@H]1OS(C)(=O)=O. The molecule has 0 radical (unpaired) electrons. The standard InChI is InChI=1S/C38H44O11S2/c1-50(39,40)47-28-33(44-24-30-17-9-4-10-18-30)36-38(49-51(2,41)42)37(46-26-32-21-13-6-14-22-32)35(45-25-31-19-11-5-12-20-31)34(48-36)27-43-23-29-15-7-3-8-16-29/h3-22,33-38H,23-28H2,1-2H3/t33-,34+,35+,36-,37-,38-/m0/s1. The molecule has 0 spiro atoms. The summed E-state index contributed by atoms with van der Waals surface area (Å²) in [6.45, 7) is 0.0680. The van der Waals surface area contributed by atoms with E-state index < -0.39 is 63.5 Å². The zero-order chi connectivity index (χ0) is 36.1. The van der Waals surface area contributed by atoms with Crippen molar-refractivity contribution in [2.45, 2.75) is 63.1 Å². The summed E-state index contributed by atoms with van der Waals surface area (Å²) in [5.41, 5.74) is 3.43. The van der Waals surface area contributed by atoms with Crippen LogP contribution in [-0.4, -0.2) is 79.2 Å². The van der Waals surface area contributed by atoms with Crippen molar-refractivity contribution in [2.75, 3.05) is 25.7 Å². The van der Waals surface area contributed by atoms with Crippen LogP contribution in [0.4, 0.5) is 0 Å². The maximum Gasteiger partial charge on any atom is 0.264 e. The van der Waals surface area contributed by atoms with Gasteiger partial charge in [0.05, 0.1) is 52.2 Å². The van der Waals surface area contributed by atoms with Crippen molar-refractivity contribution in [3.63, 3.8) is 0 Å². The maximum atomic E-state index is 12.9. The third-order valence-electron chi connectivity index (χ3n) is 8.04. The summed E-state index contributed by atoms with van der Waals surface area (Å²) in [7, 11) is -8.08. The van der Waals surface area contributed by atoms with Gasteiger partial charge in [0.2, 0.25) is 0 Å². The predicted octanol–water partition coefficient (Wildman–Crippen LogP) is 5.05. The van der Waals surface area contributed by atoms with Crippen molar-refractivity contribution in [3.05, 3.63) is 144 Å². The normalized spacial score (nSPS) is 21.6. The number of benzene rings is 4. The van der Waals surface area contributed by atoms with Gasteiger partial charge < -0.3 is 23.7 Å². The van der Waals surface area contributed by atoms with Crippen LogP contribution >= 0.6 is 0 Å². The van der Waals surface area contributed by atoms with Crippen LogP contribution in [0.3, 0.4) is 0 Å². The molecule has 0 unspecified atom stereocenters. The molecule has 0 amide bonds. The molecule has 1 aliphatic rings. The highest BCUT2D eigenvalue weighted by Crippen LogP contribution is 2.34. The first-order chi connectivity index (χ1) is 24.5. The summed E-state index contributed by atoms with van der Waals surface area (Å²) in [5, 5.41) is 0. The second-order valence-electron chi connectivity index (χ2n) is 12.3. The molecule has 0 saturated carbocycles. The van der Waals surface area contributed by atoms with Crippen molar-refractivity contribution < 1.29 is 48.9 Å². The van der Waals surface area contributed by atoms with Crippen molar-refractivity contribution in [2.24, 2.45) is 0 Å². The van der Waals surface area contributed by atoms with E-state index in [1.54, 1.807) is 0 Å². The second kappa shape index (κ2) is 18.8. The average Bonchev–Trinajstić information content (AvgIpc) is 3.12. The Hall–Kier alpha value is -3.50. The Labute approximate surface area is 300 Å². The highest BCUT2D eigenvalue weighted by molar-refractivity contribution is 7.86. The van der Waals surface area contributed by atoms with E-state index in [0.29, 0.717) is 0 Å². The quantitative estimate of drug-likeness (QED) is 0.120. The first-order valence-electron chi connectivity index (χ1n) is 16.5. The third-order valence-corrected chi connectivity index (χ3v) is 9.18. The molecular formula is C38H44O11S2. The first-order valence-corrected chi connectivity index (χ1v) is 20.1. The van der Waals surface area contributed by atoms with Gasteiger partial charge in [-0.2, -0.15) is 16.8 Å². The summed E-state index contributed by atoms with van der Waals surface area (Å²) >= 11 is 0. The zero-order valence-corrected chi connectivity index (χ0v) is 30.2. The first kappa shape index (κ1) is 38.7. The van der Waals surface area contributed by atoms with Crippen LogP contribution in [-0.2, 0) is 78.7 Å². The number of rotatable bonds is 19. The average molecular weight is 741 g/mol. The fourth-order valence-corrected chi connectivity index (χ4v) is 6.69. The van der Waals surface area contributed by atoms with Crippen molar-refractivity contribution >= 4 is 20.2 Å². The molecule has 1 saturated heterocycles. The molecule has 4 aromatic rings. The minimum absolute atomic E-state index is 0.0139. The molecular weight excluding hydrogens is 697 g/mol. The van der Waals surface area contributed by atoms with E-state index >= 15 is 0 Å². The van der Waals surface area contributed by atoms with Gasteiger partial charge in [-0.3, -0.25) is 8.37 Å². The zero-order valence-electron chi connectivity index (χ0n) is 28.6. The van der Waals surface area contributed by atoms with Crippen LogP contribution in [0.5, 0.6) is 0 Å². The van der Waals surface area contributed by atoms with E-state index in [-0.39, 0.29) is 33.0 Å². The lowest BCUT2D eigenvalue weighted by Gasteiger charge is -2.47. The van der Waals surface area contributed by atoms with Gasteiger partial charge in [0.25, 0.3) is 20.2 Å². The van der Waals surface area contributed by atoms with Gasteiger partial charge >= 0.3 is 0 Å². The minimum Gasteiger partial charge on any atom is -0.374 e. The smallest absolute Gasteiger partial charge is 0.264 e. The number of hydrogen-bond acceptors (Lipinski definition) is 11. The van der Waals surface area contributed by atoms with Gasteiger partial charge in [0.1, 0.15) is 36.6 Å². The summed E-state index contributed by atoms with van der Waals surface area (Å²) in [6, 6.07) is 37.7. The molecule has 1 fully saturated rings. The Morgan fingerprint density at radius 3 is 1.49 bits per heavy atom. The summed E-state index contributed by atoms with van der Waals surface area (Å²) in [5.74, 6) is 0. The van der Waals surface area contributed by atoms with Gasteiger partial charge in [0, 0.05) is 0 Å². The Morgan fingerprint density at radius 1 is 0.569 bits per heavy atom. The number of ether oxygens (including phenoxy) is 5. The molecule has 5 rings (SSSR count). The molecule has 51 heavy (non-hydrogen) atoms. The van der Waals surface area contributed by atoms with Crippen LogP contribution in [0.15, 0.2) is 121 Å². The largest absolute Gasteiger partial charge is 0.374 e. The highest BCUT2D eigenvalue weighted by atomic mass is 32.2. The van der Waals surface area contributed by atoms with E-state index in [1.165, 1.54) is 0 Å². The predicted molar refractivity (Wildman–Crippen MR) is 190 cm³/mol. The third kappa shape index (κ3) is 12.9. The van der Waals surface area contributed by atoms with Gasteiger partial charge in [-0.25, -0.2) is 0 Å². The second-order valence-corrected chi connectivity index (χ2v) is 15.5. The molecule has 4 aromatic carbocycles. The maximum absolute atomic E-state index is 12.9. The molecule has 11 nitrogen and oxygen atoms in total. The monoisotopic (exact) mass is 740 g/mol.